The molecule has 1 fully saturated rings. The number of hydrogen-bond acceptors (Lipinski definition) is 3. The Balaban J connectivity index is 1.97. The molecule has 20 heavy (non-hydrogen) atoms. The summed E-state index contributed by atoms with van der Waals surface area (Å²) in [5.74, 6) is 0. The van der Waals surface area contributed by atoms with E-state index in [0.29, 0.717) is 12.2 Å². The van der Waals surface area contributed by atoms with E-state index in [0.717, 1.165) is 32.7 Å². The van der Waals surface area contributed by atoms with Gasteiger partial charge in [0.15, 0.2) is 0 Å². The number of benzene rings is 1. The summed E-state index contributed by atoms with van der Waals surface area (Å²) in [6.07, 6.45) is 1.86. The number of nitrogens with zero attached hydrogens (tertiary/aromatic N) is 1. The molecule has 0 radical (unpaired) electrons. The first kappa shape index (κ1) is 15.5. The monoisotopic (exact) mass is 276 g/mol. The van der Waals surface area contributed by atoms with Crippen LogP contribution in [0.15, 0.2) is 24.3 Å². The van der Waals surface area contributed by atoms with Crippen LogP contribution in [0.1, 0.15) is 38.3 Å². The van der Waals surface area contributed by atoms with Gasteiger partial charge in [-0.3, -0.25) is 4.90 Å². The minimum atomic E-state index is 0.337. The van der Waals surface area contributed by atoms with Crippen molar-refractivity contribution < 1.29 is 4.74 Å². The highest BCUT2D eigenvalue weighted by molar-refractivity contribution is 5.27. The Labute approximate surface area is 123 Å². The first-order valence-electron chi connectivity index (χ1n) is 7.84. The van der Waals surface area contributed by atoms with E-state index in [1.807, 2.05) is 0 Å². The average molecular weight is 276 g/mol. The summed E-state index contributed by atoms with van der Waals surface area (Å²) in [5, 5.41) is 3.50. The molecule has 112 valence electrons. The van der Waals surface area contributed by atoms with Crippen molar-refractivity contribution in [2.24, 2.45) is 0 Å². The van der Waals surface area contributed by atoms with Gasteiger partial charge in [-0.25, -0.2) is 0 Å². The molecular weight excluding hydrogens is 248 g/mol. The van der Waals surface area contributed by atoms with Gasteiger partial charge in [0.25, 0.3) is 0 Å². The molecule has 0 aliphatic carbocycles. The second-order valence-electron chi connectivity index (χ2n) is 5.90. The molecule has 2 rings (SSSR count). The molecule has 1 aliphatic rings. The molecule has 1 saturated heterocycles. The van der Waals surface area contributed by atoms with Gasteiger partial charge in [-0.1, -0.05) is 31.2 Å². The molecule has 2 atom stereocenters. The molecule has 1 heterocycles. The van der Waals surface area contributed by atoms with Gasteiger partial charge in [0.05, 0.1) is 12.2 Å². The SMILES string of the molecule is CCCNCc1ccccc1CN1CC(C)OC(C)C1. The van der Waals surface area contributed by atoms with Crippen molar-refractivity contribution in [1.82, 2.24) is 10.2 Å². The van der Waals surface area contributed by atoms with E-state index in [2.05, 4.69) is 55.3 Å². The molecule has 3 heteroatoms. The topological polar surface area (TPSA) is 24.5 Å². The van der Waals surface area contributed by atoms with Crippen LogP contribution in [-0.4, -0.2) is 36.7 Å². The maximum absolute atomic E-state index is 5.81. The second-order valence-corrected chi connectivity index (χ2v) is 5.90. The third kappa shape index (κ3) is 4.58. The molecule has 1 aliphatic heterocycles. The average Bonchev–Trinajstić information content (AvgIpc) is 2.40. The maximum Gasteiger partial charge on any atom is 0.0678 e. The summed E-state index contributed by atoms with van der Waals surface area (Å²) in [7, 11) is 0. The minimum absolute atomic E-state index is 0.337. The van der Waals surface area contributed by atoms with E-state index in [1.165, 1.54) is 17.5 Å². The minimum Gasteiger partial charge on any atom is -0.373 e. The molecule has 0 saturated carbocycles. The Bertz CT molecular complexity index is 398. The fourth-order valence-electron chi connectivity index (χ4n) is 2.94. The van der Waals surface area contributed by atoms with Gasteiger partial charge in [0, 0.05) is 26.2 Å². The van der Waals surface area contributed by atoms with Crippen molar-refractivity contribution in [3.8, 4) is 0 Å². The van der Waals surface area contributed by atoms with Crippen LogP contribution < -0.4 is 5.32 Å². The van der Waals surface area contributed by atoms with Gasteiger partial charge < -0.3 is 10.1 Å². The van der Waals surface area contributed by atoms with Gasteiger partial charge in [-0.15, -0.1) is 0 Å². The molecule has 0 aromatic heterocycles. The van der Waals surface area contributed by atoms with Crippen molar-refractivity contribution >= 4 is 0 Å². The number of ether oxygens (including phenoxy) is 1. The zero-order valence-electron chi connectivity index (χ0n) is 13.1. The summed E-state index contributed by atoms with van der Waals surface area (Å²) in [6.45, 7) is 11.7. The molecule has 0 bridgehead atoms. The van der Waals surface area contributed by atoms with Crippen molar-refractivity contribution in [1.29, 1.82) is 0 Å². The zero-order chi connectivity index (χ0) is 14.4. The van der Waals surface area contributed by atoms with E-state index in [1.54, 1.807) is 0 Å². The highest BCUT2D eigenvalue weighted by atomic mass is 16.5. The van der Waals surface area contributed by atoms with Crippen LogP contribution in [0, 0.1) is 0 Å². The predicted octanol–water partition coefficient (Wildman–Crippen LogP) is 2.80. The lowest BCUT2D eigenvalue weighted by molar-refractivity contribution is -0.0705. The van der Waals surface area contributed by atoms with Crippen molar-refractivity contribution in [2.45, 2.75) is 52.5 Å². The second kappa shape index (κ2) is 7.77. The third-order valence-electron chi connectivity index (χ3n) is 3.75. The fourth-order valence-corrected chi connectivity index (χ4v) is 2.94. The summed E-state index contributed by atoms with van der Waals surface area (Å²) in [5.41, 5.74) is 2.87. The Morgan fingerprint density at radius 1 is 1.15 bits per heavy atom. The third-order valence-corrected chi connectivity index (χ3v) is 3.75. The summed E-state index contributed by atoms with van der Waals surface area (Å²) in [6, 6.07) is 8.78. The van der Waals surface area contributed by atoms with Crippen LogP contribution in [0.25, 0.3) is 0 Å². The predicted molar refractivity (Wildman–Crippen MR) is 83.7 cm³/mol. The summed E-state index contributed by atoms with van der Waals surface area (Å²) >= 11 is 0. The van der Waals surface area contributed by atoms with Crippen LogP contribution in [0.3, 0.4) is 0 Å². The first-order chi connectivity index (χ1) is 9.69. The van der Waals surface area contributed by atoms with Crippen LogP contribution in [0.4, 0.5) is 0 Å². The molecule has 0 amide bonds. The van der Waals surface area contributed by atoms with Crippen LogP contribution >= 0.6 is 0 Å². The van der Waals surface area contributed by atoms with E-state index in [-0.39, 0.29) is 0 Å². The number of hydrogen-bond donors (Lipinski definition) is 1. The fraction of sp³-hybridized carbons (Fsp3) is 0.647. The Morgan fingerprint density at radius 3 is 2.45 bits per heavy atom. The van der Waals surface area contributed by atoms with E-state index in [4.69, 9.17) is 4.74 Å². The standard InChI is InChI=1S/C17H28N2O/c1-4-9-18-10-16-7-5-6-8-17(16)13-19-11-14(2)20-15(3)12-19/h5-8,14-15,18H,4,9-13H2,1-3H3. The Hall–Kier alpha value is -0.900. The summed E-state index contributed by atoms with van der Waals surface area (Å²) < 4.78 is 5.81. The highest BCUT2D eigenvalue weighted by Gasteiger charge is 2.22. The molecule has 1 aromatic rings. The van der Waals surface area contributed by atoms with Gasteiger partial charge in [0.2, 0.25) is 0 Å². The van der Waals surface area contributed by atoms with Crippen LogP contribution in [-0.2, 0) is 17.8 Å². The van der Waals surface area contributed by atoms with Gasteiger partial charge in [-0.05, 0) is 37.9 Å². The Morgan fingerprint density at radius 2 is 1.80 bits per heavy atom. The molecular formula is C17H28N2O. The summed E-state index contributed by atoms with van der Waals surface area (Å²) in [4.78, 5) is 2.51. The molecule has 1 aromatic carbocycles. The number of rotatable bonds is 6. The molecule has 0 spiro atoms. The lowest BCUT2D eigenvalue weighted by atomic mass is 10.1. The lowest BCUT2D eigenvalue weighted by Crippen LogP contribution is -2.45. The van der Waals surface area contributed by atoms with Crippen LogP contribution in [0.5, 0.6) is 0 Å². The zero-order valence-corrected chi connectivity index (χ0v) is 13.1. The van der Waals surface area contributed by atoms with Gasteiger partial charge in [-0.2, -0.15) is 0 Å². The van der Waals surface area contributed by atoms with Crippen molar-refractivity contribution in [3.05, 3.63) is 35.4 Å². The maximum atomic E-state index is 5.81. The van der Waals surface area contributed by atoms with Crippen molar-refractivity contribution in [2.75, 3.05) is 19.6 Å². The van der Waals surface area contributed by atoms with E-state index in [9.17, 15) is 0 Å². The van der Waals surface area contributed by atoms with Crippen molar-refractivity contribution in [3.63, 3.8) is 0 Å². The van der Waals surface area contributed by atoms with E-state index < -0.39 is 0 Å². The molecule has 1 N–H and O–H groups in total. The highest BCUT2D eigenvalue weighted by Crippen LogP contribution is 2.16. The number of morpholine rings is 1. The quantitative estimate of drug-likeness (QED) is 0.809. The smallest absolute Gasteiger partial charge is 0.0678 e. The largest absolute Gasteiger partial charge is 0.373 e. The normalized spacial score (nSPS) is 23.9. The molecule has 2 unspecified atom stereocenters. The number of nitrogens with one attached hydrogen (secondary N) is 1. The lowest BCUT2D eigenvalue weighted by Gasteiger charge is -2.35. The first-order valence-corrected chi connectivity index (χ1v) is 7.84. The van der Waals surface area contributed by atoms with E-state index >= 15 is 0 Å². The van der Waals surface area contributed by atoms with Gasteiger partial charge in [0.1, 0.15) is 0 Å². The Kier molecular flexibility index (Phi) is 6.02. The van der Waals surface area contributed by atoms with Crippen LogP contribution in [0.2, 0.25) is 0 Å². The van der Waals surface area contributed by atoms with Gasteiger partial charge >= 0.3 is 0 Å². The molecule has 3 nitrogen and oxygen atoms in total.